The van der Waals surface area contributed by atoms with E-state index >= 15 is 0 Å². The fourth-order valence-electron chi connectivity index (χ4n) is 2.51. The zero-order valence-electron chi connectivity index (χ0n) is 15.4. The Morgan fingerprint density at radius 1 is 0.913 bits per heavy atom. The molecule has 0 aliphatic heterocycles. The highest BCUT2D eigenvalue weighted by molar-refractivity contribution is 5.66. The van der Waals surface area contributed by atoms with Crippen LogP contribution >= 0.6 is 0 Å². The number of carbonyl (C=O) groups excluding carboxylic acids is 2. The number of ether oxygens (including phenoxy) is 2. The van der Waals surface area contributed by atoms with E-state index in [1.807, 2.05) is 13.0 Å². The summed E-state index contributed by atoms with van der Waals surface area (Å²) in [4.78, 5) is 22.0. The van der Waals surface area contributed by atoms with Gasteiger partial charge in [0.2, 0.25) is 0 Å². The molecule has 1 atom stereocenters. The highest BCUT2D eigenvalue weighted by Gasteiger charge is 2.12. The lowest BCUT2D eigenvalue weighted by Crippen LogP contribution is -2.17. The van der Waals surface area contributed by atoms with Gasteiger partial charge in [-0.15, -0.1) is 0 Å². The molecule has 0 saturated carbocycles. The molecule has 0 fully saturated rings. The summed E-state index contributed by atoms with van der Waals surface area (Å²) in [5.74, 6) is -0.514. The van der Waals surface area contributed by atoms with Gasteiger partial charge in [0.05, 0.1) is 0 Å². The highest BCUT2D eigenvalue weighted by Crippen LogP contribution is 2.17. The van der Waals surface area contributed by atoms with Crippen molar-refractivity contribution in [3.8, 4) is 0 Å². The molecule has 0 aliphatic carbocycles. The number of esters is 2. The lowest BCUT2D eigenvalue weighted by molar-refractivity contribution is -0.146. The van der Waals surface area contributed by atoms with Crippen LogP contribution in [0.2, 0.25) is 0 Å². The Kier molecular flexibility index (Phi) is 13.5. The Bertz CT molecular complexity index is 360. The number of unbranched alkanes of at least 4 members (excludes halogenated alkanes) is 6. The molecule has 0 aromatic carbocycles. The predicted octanol–water partition coefficient (Wildman–Crippen LogP) is 4.96. The molecule has 4 nitrogen and oxygen atoms in total. The lowest BCUT2D eigenvalue weighted by atomic mass is 10.0. The minimum Gasteiger partial charge on any atom is -0.462 e. The first-order chi connectivity index (χ1) is 11.0. The van der Waals surface area contributed by atoms with Gasteiger partial charge in [0.25, 0.3) is 0 Å². The second-order valence-corrected chi connectivity index (χ2v) is 6.20. The molecule has 0 heterocycles. The quantitative estimate of drug-likeness (QED) is 0.273. The normalized spacial score (nSPS) is 12.8. The van der Waals surface area contributed by atoms with E-state index in [2.05, 4.69) is 6.92 Å². The summed E-state index contributed by atoms with van der Waals surface area (Å²) in [6.07, 6.45) is 12.2. The first-order valence-electron chi connectivity index (χ1n) is 8.91. The van der Waals surface area contributed by atoms with Gasteiger partial charge in [0.15, 0.2) is 0 Å². The third kappa shape index (κ3) is 15.4. The van der Waals surface area contributed by atoms with Crippen LogP contribution in [-0.4, -0.2) is 24.6 Å². The Morgan fingerprint density at radius 2 is 1.52 bits per heavy atom. The minimum atomic E-state index is -0.284. The van der Waals surface area contributed by atoms with Gasteiger partial charge in [-0.2, -0.15) is 0 Å². The van der Waals surface area contributed by atoms with E-state index in [0.717, 1.165) is 18.4 Å². The average Bonchev–Trinajstić information content (AvgIpc) is 2.45. The maximum Gasteiger partial charge on any atom is 0.302 e. The maximum absolute atomic E-state index is 11.2. The highest BCUT2D eigenvalue weighted by atomic mass is 16.5. The molecule has 0 aliphatic rings. The van der Waals surface area contributed by atoms with Gasteiger partial charge in [0.1, 0.15) is 12.7 Å². The summed E-state index contributed by atoms with van der Waals surface area (Å²) in [7, 11) is 0. The standard InChI is InChI=1S/C19H34O4/c1-5-6-7-8-9-10-11-12-19(23-18(4)21)15-16(2)13-14-22-17(3)20/h13,19H,5-12,14-15H2,1-4H3/b16-13-. The zero-order valence-corrected chi connectivity index (χ0v) is 15.4. The third-order valence-electron chi connectivity index (χ3n) is 3.73. The Balaban J connectivity index is 4.05. The second-order valence-electron chi connectivity index (χ2n) is 6.20. The SMILES string of the molecule is CCCCCCCCCC(C/C(C)=C\COC(C)=O)OC(C)=O. The van der Waals surface area contributed by atoms with E-state index in [4.69, 9.17) is 9.47 Å². The van der Waals surface area contributed by atoms with Crippen LogP contribution in [-0.2, 0) is 19.1 Å². The van der Waals surface area contributed by atoms with Crippen molar-refractivity contribution in [3.63, 3.8) is 0 Å². The van der Waals surface area contributed by atoms with Gasteiger partial charge in [-0.3, -0.25) is 9.59 Å². The van der Waals surface area contributed by atoms with E-state index in [9.17, 15) is 9.59 Å². The molecule has 0 rings (SSSR count). The average molecular weight is 326 g/mol. The third-order valence-corrected chi connectivity index (χ3v) is 3.73. The summed E-state index contributed by atoms with van der Waals surface area (Å²) in [6.45, 7) is 7.33. The van der Waals surface area contributed by atoms with Crippen LogP contribution in [0.3, 0.4) is 0 Å². The summed E-state index contributed by atoms with van der Waals surface area (Å²) < 4.78 is 10.3. The van der Waals surface area contributed by atoms with Crippen molar-refractivity contribution in [2.45, 2.75) is 91.6 Å². The number of carbonyl (C=O) groups is 2. The maximum atomic E-state index is 11.2. The molecule has 4 heteroatoms. The van der Waals surface area contributed by atoms with Crippen LogP contribution in [0.15, 0.2) is 11.6 Å². The van der Waals surface area contributed by atoms with Gasteiger partial charge in [-0.1, -0.05) is 51.0 Å². The van der Waals surface area contributed by atoms with Gasteiger partial charge in [0, 0.05) is 20.3 Å². The van der Waals surface area contributed by atoms with E-state index in [1.165, 1.54) is 52.4 Å². The van der Waals surface area contributed by atoms with Crippen LogP contribution in [0.1, 0.15) is 85.5 Å². The predicted molar refractivity (Wildman–Crippen MR) is 93.2 cm³/mol. The van der Waals surface area contributed by atoms with Gasteiger partial charge in [-0.05, 0) is 25.8 Å². The molecule has 0 spiro atoms. The van der Waals surface area contributed by atoms with Crippen LogP contribution in [0.5, 0.6) is 0 Å². The largest absolute Gasteiger partial charge is 0.462 e. The monoisotopic (exact) mass is 326 g/mol. The van der Waals surface area contributed by atoms with Gasteiger partial charge >= 0.3 is 11.9 Å². The van der Waals surface area contributed by atoms with Crippen molar-refractivity contribution < 1.29 is 19.1 Å². The van der Waals surface area contributed by atoms with E-state index in [0.29, 0.717) is 6.42 Å². The molecule has 0 amide bonds. The van der Waals surface area contributed by atoms with Crippen molar-refractivity contribution in [1.29, 1.82) is 0 Å². The van der Waals surface area contributed by atoms with Gasteiger partial charge < -0.3 is 9.47 Å². The molecule has 0 radical (unpaired) electrons. The van der Waals surface area contributed by atoms with Crippen molar-refractivity contribution in [3.05, 3.63) is 11.6 Å². The Hall–Kier alpha value is -1.32. The number of hydrogen-bond donors (Lipinski definition) is 0. The molecule has 0 N–H and O–H groups in total. The van der Waals surface area contributed by atoms with Gasteiger partial charge in [-0.25, -0.2) is 0 Å². The van der Waals surface area contributed by atoms with Crippen molar-refractivity contribution in [2.75, 3.05) is 6.61 Å². The fourth-order valence-corrected chi connectivity index (χ4v) is 2.51. The van der Waals surface area contributed by atoms with Crippen molar-refractivity contribution in [1.82, 2.24) is 0 Å². The van der Waals surface area contributed by atoms with Crippen molar-refractivity contribution >= 4 is 11.9 Å². The number of hydrogen-bond acceptors (Lipinski definition) is 4. The topological polar surface area (TPSA) is 52.6 Å². The van der Waals surface area contributed by atoms with Crippen LogP contribution in [0, 0.1) is 0 Å². The summed E-state index contributed by atoms with van der Waals surface area (Å²) in [5, 5.41) is 0. The smallest absolute Gasteiger partial charge is 0.302 e. The molecular formula is C19H34O4. The molecule has 0 aromatic heterocycles. The van der Waals surface area contributed by atoms with E-state index in [1.54, 1.807) is 0 Å². The fraction of sp³-hybridized carbons (Fsp3) is 0.789. The van der Waals surface area contributed by atoms with Crippen LogP contribution < -0.4 is 0 Å². The summed E-state index contributed by atoms with van der Waals surface area (Å²) in [5.41, 5.74) is 1.08. The molecular weight excluding hydrogens is 292 g/mol. The van der Waals surface area contributed by atoms with E-state index in [-0.39, 0.29) is 24.6 Å². The molecule has 134 valence electrons. The zero-order chi connectivity index (χ0) is 17.5. The van der Waals surface area contributed by atoms with Crippen LogP contribution in [0.25, 0.3) is 0 Å². The Morgan fingerprint density at radius 3 is 2.09 bits per heavy atom. The minimum absolute atomic E-state index is 0.0725. The van der Waals surface area contributed by atoms with Crippen molar-refractivity contribution in [2.24, 2.45) is 0 Å². The van der Waals surface area contributed by atoms with Crippen LogP contribution in [0.4, 0.5) is 0 Å². The molecule has 0 saturated heterocycles. The lowest BCUT2D eigenvalue weighted by Gasteiger charge is -2.17. The molecule has 0 aromatic rings. The Labute approximate surface area is 141 Å². The molecule has 1 unspecified atom stereocenters. The molecule has 23 heavy (non-hydrogen) atoms. The number of rotatable bonds is 13. The second kappa shape index (κ2) is 14.3. The van der Waals surface area contributed by atoms with E-state index < -0.39 is 0 Å². The first-order valence-corrected chi connectivity index (χ1v) is 8.91. The first kappa shape index (κ1) is 21.7. The molecule has 0 bridgehead atoms. The summed E-state index contributed by atoms with van der Waals surface area (Å²) in [6, 6.07) is 0. The summed E-state index contributed by atoms with van der Waals surface area (Å²) >= 11 is 0.